The van der Waals surface area contributed by atoms with E-state index in [2.05, 4.69) is 0 Å². The second kappa shape index (κ2) is 5.49. The zero-order valence-corrected chi connectivity index (χ0v) is 10.1. The summed E-state index contributed by atoms with van der Waals surface area (Å²) in [6.45, 7) is -0.435. The Morgan fingerprint density at radius 3 is 2.37 bits per heavy atom. The SMILES string of the molecule is O=[N+]([O-])c1cc(Cc2ccccc2)cc(CO)c1O. The van der Waals surface area contributed by atoms with Gasteiger partial charge in [0, 0.05) is 11.6 Å². The predicted molar refractivity (Wildman–Crippen MR) is 69.9 cm³/mol. The molecule has 0 saturated carbocycles. The number of aliphatic hydroxyl groups is 1. The van der Waals surface area contributed by atoms with Crippen LogP contribution in [0.25, 0.3) is 0 Å². The molecule has 2 aromatic rings. The van der Waals surface area contributed by atoms with Gasteiger partial charge in [0.15, 0.2) is 5.75 Å². The molecule has 0 unspecified atom stereocenters. The Bertz CT molecular complexity index is 596. The van der Waals surface area contributed by atoms with Crippen LogP contribution in [0, 0.1) is 10.1 Å². The van der Waals surface area contributed by atoms with E-state index < -0.39 is 17.3 Å². The highest BCUT2D eigenvalue weighted by molar-refractivity contribution is 5.53. The van der Waals surface area contributed by atoms with Crippen LogP contribution in [-0.4, -0.2) is 15.1 Å². The molecular formula is C14H13NO4. The zero-order chi connectivity index (χ0) is 13.8. The summed E-state index contributed by atoms with van der Waals surface area (Å²) in [6.07, 6.45) is 0.509. The molecule has 5 heteroatoms. The third-order valence-electron chi connectivity index (χ3n) is 2.85. The van der Waals surface area contributed by atoms with Gasteiger partial charge in [0.1, 0.15) is 0 Å². The van der Waals surface area contributed by atoms with E-state index in [1.807, 2.05) is 30.3 Å². The molecule has 0 saturated heterocycles. The lowest BCUT2D eigenvalue weighted by atomic mass is 10.0. The number of hydrogen-bond acceptors (Lipinski definition) is 4. The smallest absolute Gasteiger partial charge is 0.311 e. The van der Waals surface area contributed by atoms with Crippen molar-refractivity contribution in [2.75, 3.05) is 0 Å². The molecule has 2 rings (SSSR count). The maximum absolute atomic E-state index is 10.9. The Hall–Kier alpha value is -2.40. The standard InChI is InChI=1S/C14H13NO4/c16-9-12-7-11(6-10-4-2-1-3-5-10)8-13(14(12)17)15(18)19/h1-5,7-8,16-17H,6,9H2. The second-order valence-electron chi connectivity index (χ2n) is 4.20. The van der Waals surface area contributed by atoms with Crippen LogP contribution >= 0.6 is 0 Å². The summed E-state index contributed by atoms with van der Waals surface area (Å²) in [7, 11) is 0. The lowest BCUT2D eigenvalue weighted by Gasteiger charge is -2.07. The van der Waals surface area contributed by atoms with Crippen molar-refractivity contribution in [2.45, 2.75) is 13.0 Å². The molecular weight excluding hydrogens is 246 g/mol. The van der Waals surface area contributed by atoms with Crippen LogP contribution in [0.4, 0.5) is 5.69 Å². The largest absolute Gasteiger partial charge is 0.502 e. The highest BCUT2D eigenvalue weighted by Crippen LogP contribution is 2.32. The van der Waals surface area contributed by atoms with Crippen LogP contribution in [-0.2, 0) is 13.0 Å². The molecule has 5 nitrogen and oxygen atoms in total. The van der Waals surface area contributed by atoms with Gasteiger partial charge < -0.3 is 10.2 Å². The van der Waals surface area contributed by atoms with Crippen LogP contribution in [0.3, 0.4) is 0 Å². The summed E-state index contributed by atoms with van der Waals surface area (Å²) in [6, 6.07) is 12.4. The van der Waals surface area contributed by atoms with E-state index in [0.717, 1.165) is 5.56 Å². The maximum Gasteiger partial charge on any atom is 0.311 e. The van der Waals surface area contributed by atoms with Crippen LogP contribution in [0.2, 0.25) is 0 Å². The molecule has 2 N–H and O–H groups in total. The van der Waals surface area contributed by atoms with Crippen molar-refractivity contribution in [3.63, 3.8) is 0 Å². The highest BCUT2D eigenvalue weighted by Gasteiger charge is 2.18. The Kier molecular flexibility index (Phi) is 3.77. The van der Waals surface area contributed by atoms with Gasteiger partial charge in [0.25, 0.3) is 0 Å². The quantitative estimate of drug-likeness (QED) is 0.652. The van der Waals surface area contributed by atoms with Crippen molar-refractivity contribution in [1.82, 2.24) is 0 Å². The molecule has 19 heavy (non-hydrogen) atoms. The third kappa shape index (κ3) is 2.89. The summed E-state index contributed by atoms with van der Waals surface area (Å²) >= 11 is 0. The van der Waals surface area contributed by atoms with Crippen molar-refractivity contribution in [3.05, 3.63) is 69.3 Å². The van der Waals surface area contributed by atoms with Gasteiger partial charge in [-0.05, 0) is 23.6 Å². The lowest BCUT2D eigenvalue weighted by molar-refractivity contribution is -0.386. The van der Waals surface area contributed by atoms with E-state index in [1.165, 1.54) is 6.07 Å². The van der Waals surface area contributed by atoms with E-state index in [9.17, 15) is 15.2 Å². The van der Waals surface area contributed by atoms with Gasteiger partial charge in [0.05, 0.1) is 11.5 Å². The number of benzene rings is 2. The number of phenols is 1. The van der Waals surface area contributed by atoms with Gasteiger partial charge in [-0.2, -0.15) is 0 Å². The first-order valence-corrected chi connectivity index (χ1v) is 5.75. The van der Waals surface area contributed by atoms with Crippen LogP contribution in [0.1, 0.15) is 16.7 Å². The van der Waals surface area contributed by atoms with E-state index >= 15 is 0 Å². The number of hydrogen-bond donors (Lipinski definition) is 2. The van der Waals surface area contributed by atoms with Crippen LogP contribution in [0.15, 0.2) is 42.5 Å². The fourth-order valence-corrected chi connectivity index (χ4v) is 1.94. The molecule has 0 spiro atoms. The summed E-state index contributed by atoms with van der Waals surface area (Å²) in [5.74, 6) is -0.468. The first-order valence-electron chi connectivity index (χ1n) is 5.75. The minimum Gasteiger partial charge on any atom is -0.502 e. The van der Waals surface area contributed by atoms with E-state index in [4.69, 9.17) is 5.11 Å². The molecule has 0 radical (unpaired) electrons. The molecule has 2 aromatic carbocycles. The van der Waals surface area contributed by atoms with Gasteiger partial charge in [-0.25, -0.2) is 0 Å². The number of aromatic hydroxyl groups is 1. The van der Waals surface area contributed by atoms with Crippen molar-refractivity contribution < 1.29 is 15.1 Å². The predicted octanol–water partition coefficient (Wildman–Crippen LogP) is 2.38. The number of rotatable bonds is 4. The Labute approximate surface area is 109 Å². The summed E-state index contributed by atoms with van der Waals surface area (Å²) in [4.78, 5) is 10.2. The van der Waals surface area contributed by atoms with Gasteiger partial charge in [-0.3, -0.25) is 10.1 Å². The fourth-order valence-electron chi connectivity index (χ4n) is 1.94. The molecule has 0 bridgehead atoms. The molecule has 0 fully saturated rings. The highest BCUT2D eigenvalue weighted by atomic mass is 16.6. The Morgan fingerprint density at radius 1 is 1.11 bits per heavy atom. The van der Waals surface area contributed by atoms with Gasteiger partial charge in [-0.15, -0.1) is 0 Å². The van der Waals surface area contributed by atoms with Crippen LogP contribution < -0.4 is 0 Å². The van der Waals surface area contributed by atoms with Gasteiger partial charge in [-0.1, -0.05) is 30.3 Å². The van der Waals surface area contributed by atoms with Gasteiger partial charge in [0.2, 0.25) is 0 Å². The number of nitro groups is 1. The molecule has 0 amide bonds. The minimum atomic E-state index is -0.650. The third-order valence-corrected chi connectivity index (χ3v) is 2.85. The minimum absolute atomic E-state index is 0.167. The van der Waals surface area contributed by atoms with Gasteiger partial charge >= 0.3 is 5.69 Å². The monoisotopic (exact) mass is 259 g/mol. The summed E-state index contributed by atoms with van der Waals surface area (Å²) in [5, 5.41) is 29.6. The van der Waals surface area contributed by atoms with Crippen LogP contribution in [0.5, 0.6) is 5.75 Å². The van der Waals surface area contributed by atoms with E-state index in [0.29, 0.717) is 12.0 Å². The Morgan fingerprint density at radius 2 is 1.79 bits per heavy atom. The molecule has 0 aliphatic heterocycles. The first kappa shape index (κ1) is 13.0. The number of nitrogens with zero attached hydrogens (tertiary/aromatic N) is 1. The van der Waals surface area contributed by atoms with Crippen molar-refractivity contribution in [3.8, 4) is 5.75 Å². The molecule has 0 aliphatic carbocycles. The molecule has 0 aromatic heterocycles. The average molecular weight is 259 g/mol. The fraction of sp³-hybridized carbons (Fsp3) is 0.143. The van der Waals surface area contributed by atoms with E-state index in [1.54, 1.807) is 6.07 Å². The zero-order valence-electron chi connectivity index (χ0n) is 10.1. The topological polar surface area (TPSA) is 83.6 Å². The first-order chi connectivity index (χ1) is 9.11. The molecule has 0 atom stereocenters. The molecule has 0 heterocycles. The maximum atomic E-state index is 10.9. The summed E-state index contributed by atoms with van der Waals surface area (Å²) < 4.78 is 0. The Balaban J connectivity index is 2.41. The van der Waals surface area contributed by atoms with E-state index in [-0.39, 0.29) is 11.3 Å². The van der Waals surface area contributed by atoms with Crippen molar-refractivity contribution >= 4 is 5.69 Å². The van der Waals surface area contributed by atoms with Crippen molar-refractivity contribution in [2.24, 2.45) is 0 Å². The van der Waals surface area contributed by atoms with Crippen molar-refractivity contribution in [1.29, 1.82) is 0 Å². The molecule has 0 aliphatic rings. The molecule has 98 valence electrons. The lowest BCUT2D eigenvalue weighted by Crippen LogP contribution is -1.97. The number of aliphatic hydroxyl groups excluding tert-OH is 1. The summed E-state index contributed by atoms with van der Waals surface area (Å²) in [5.41, 5.74) is 1.48. The normalized spacial score (nSPS) is 10.4. The second-order valence-corrected chi connectivity index (χ2v) is 4.20. The average Bonchev–Trinajstić information content (AvgIpc) is 2.41. The number of nitro benzene ring substituents is 1.